The van der Waals surface area contributed by atoms with E-state index in [0.717, 1.165) is 5.56 Å². The molecular formula is C18H16O4. The summed E-state index contributed by atoms with van der Waals surface area (Å²) in [5.41, 5.74) is 1.10. The van der Waals surface area contributed by atoms with E-state index in [1.165, 1.54) is 16.8 Å². The van der Waals surface area contributed by atoms with Gasteiger partial charge in [0, 0.05) is 0 Å². The van der Waals surface area contributed by atoms with Gasteiger partial charge in [-0.25, -0.2) is 0 Å². The molecule has 22 heavy (non-hydrogen) atoms. The second-order valence-electron chi connectivity index (χ2n) is 5.56. The van der Waals surface area contributed by atoms with E-state index in [2.05, 4.69) is 30.3 Å². The molecule has 0 saturated carbocycles. The maximum atomic E-state index is 11.7. The molecule has 0 N–H and O–H groups in total. The number of benzene rings is 2. The summed E-state index contributed by atoms with van der Waals surface area (Å²) in [5.74, 6) is -0.0481. The van der Waals surface area contributed by atoms with E-state index >= 15 is 0 Å². The fourth-order valence-corrected chi connectivity index (χ4v) is 2.87. The van der Waals surface area contributed by atoms with Crippen LogP contribution in [0.15, 0.2) is 54.6 Å². The number of fused-ring (bicyclic) bond motifs is 3. The topological polar surface area (TPSA) is 44.8 Å². The number of hydrogen-bond donors (Lipinski definition) is 0. The molecule has 4 nitrogen and oxygen atoms in total. The third-order valence-corrected chi connectivity index (χ3v) is 3.99. The molecule has 0 spiro atoms. The Morgan fingerprint density at radius 3 is 2.82 bits per heavy atom. The van der Waals surface area contributed by atoms with Crippen LogP contribution in [0.1, 0.15) is 5.56 Å². The van der Waals surface area contributed by atoms with Crippen molar-refractivity contribution in [3.05, 3.63) is 60.2 Å². The van der Waals surface area contributed by atoms with Gasteiger partial charge in [0.1, 0.15) is 6.10 Å². The van der Waals surface area contributed by atoms with Gasteiger partial charge in [-0.15, -0.1) is 0 Å². The first-order valence-electron chi connectivity index (χ1n) is 7.38. The molecule has 3 atom stereocenters. The molecule has 1 saturated heterocycles. The molecule has 2 heterocycles. The Balaban J connectivity index is 1.37. The number of ketones is 1. The van der Waals surface area contributed by atoms with Crippen LogP contribution in [-0.4, -0.2) is 30.9 Å². The summed E-state index contributed by atoms with van der Waals surface area (Å²) in [4.78, 5) is 11.7. The minimum atomic E-state index is -0.522. The van der Waals surface area contributed by atoms with Crippen molar-refractivity contribution in [2.45, 2.75) is 25.1 Å². The Labute approximate surface area is 128 Å². The number of carbonyl (C=O) groups excluding carboxylic acids is 1. The highest BCUT2D eigenvalue weighted by Crippen LogP contribution is 2.25. The van der Waals surface area contributed by atoms with Crippen molar-refractivity contribution < 1.29 is 19.0 Å². The van der Waals surface area contributed by atoms with Crippen molar-refractivity contribution >= 4 is 16.6 Å². The van der Waals surface area contributed by atoms with E-state index in [1.807, 2.05) is 12.1 Å². The quantitative estimate of drug-likeness (QED) is 0.870. The molecule has 0 unspecified atom stereocenters. The third kappa shape index (κ3) is 2.57. The van der Waals surface area contributed by atoms with Gasteiger partial charge < -0.3 is 14.2 Å². The largest absolute Gasteiger partial charge is 0.374 e. The summed E-state index contributed by atoms with van der Waals surface area (Å²) in [6, 6.07) is 14.5. The molecule has 0 aromatic heterocycles. The van der Waals surface area contributed by atoms with Gasteiger partial charge >= 0.3 is 0 Å². The first-order chi connectivity index (χ1) is 10.8. The maximum absolute atomic E-state index is 11.7. The van der Waals surface area contributed by atoms with Crippen LogP contribution in [0.5, 0.6) is 0 Å². The monoisotopic (exact) mass is 296 g/mol. The summed E-state index contributed by atoms with van der Waals surface area (Å²) in [5, 5.41) is 2.41. The molecule has 2 aliphatic heterocycles. The molecule has 2 aliphatic rings. The first kappa shape index (κ1) is 13.6. The predicted molar refractivity (Wildman–Crippen MR) is 81.3 cm³/mol. The molecule has 2 bridgehead atoms. The van der Waals surface area contributed by atoms with Crippen molar-refractivity contribution in [1.82, 2.24) is 0 Å². The van der Waals surface area contributed by atoms with Crippen molar-refractivity contribution in [3.63, 3.8) is 0 Å². The zero-order valence-corrected chi connectivity index (χ0v) is 12.0. The summed E-state index contributed by atoms with van der Waals surface area (Å²) in [6.45, 7) is 0.838. The van der Waals surface area contributed by atoms with Gasteiger partial charge in [-0.3, -0.25) is 4.79 Å². The van der Waals surface area contributed by atoms with E-state index in [0.29, 0.717) is 13.2 Å². The van der Waals surface area contributed by atoms with E-state index in [9.17, 15) is 4.79 Å². The van der Waals surface area contributed by atoms with Crippen LogP contribution in [0, 0.1) is 0 Å². The average molecular weight is 296 g/mol. The Morgan fingerprint density at radius 2 is 1.91 bits per heavy atom. The Bertz CT molecular complexity index is 737. The Hall–Kier alpha value is -2.01. The molecule has 0 radical (unpaired) electrons. The second-order valence-corrected chi connectivity index (χ2v) is 5.56. The average Bonchev–Trinajstić information content (AvgIpc) is 2.89. The maximum Gasteiger partial charge on any atom is 0.187 e. The number of carbonyl (C=O) groups is 1. The van der Waals surface area contributed by atoms with Gasteiger partial charge in [0.25, 0.3) is 0 Å². The molecule has 112 valence electrons. The molecule has 4 heteroatoms. The summed E-state index contributed by atoms with van der Waals surface area (Å²) < 4.78 is 16.8. The second kappa shape index (κ2) is 5.65. The highest BCUT2D eigenvalue weighted by Gasteiger charge is 2.41. The Kier molecular flexibility index (Phi) is 3.50. The molecule has 0 amide bonds. The van der Waals surface area contributed by atoms with Crippen LogP contribution in [0.4, 0.5) is 0 Å². The van der Waals surface area contributed by atoms with Crippen molar-refractivity contribution in [2.75, 3.05) is 6.61 Å². The lowest BCUT2D eigenvalue weighted by Gasteiger charge is -2.14. The molecule has 4 rings (SSSR count). The van der Waals surface area contributed by atoms with Gasteiger partial charge in [0.05, 0.1) is 13.2 Å². The number of hydrogen-bond acceptors (Lipinski definition) is 4. The summed E-state index contributed by atoms with van der Waals surface area (Å²) in [6.07, 6.45) is 1.92. The van der Waals surface area contributed by atoms with Crippen LogP contribution in [-0.2, 0) is 25.6 Å². The van der Waals surface area contributed by atoms with Crippen molar-refractivity contribution in [1.29, 1.82) is 0 Å². The minimum Gasteiger partial charge on any atom is -0.374 e. The first-order valence-corrected chi connectivity index (χ1v) is 7.38. The van der Waals surface area contributed by atoms with Gasteiger partial charge in [-0.2, -0.15) is 0 Å². The zero-order chi connectivity index (χ0) is 14.9. The lowest BCUT2D eigenvalue weighted by Crippen LogP contribution is -2.34. The van der Waals surface area contributed by atoms with E-state index in [-0.39, 0.29) is 11.9 Å². The molecule has 2 aromatic rings. The van der Waals surface area contributed by atoms with Crippen LogP contribution in [0.25, 0.3) is 10.8 Å². The number of ether oxygens (including phenoxy) is 3. The minimum absolute atomic E-state index is 0.0481. The van der Waals surface area contributed by atoms with Gasteiger partial charge in [0.2, 0.25) is 0 Å². The van der Waals surface area contributed by atoms with E-state index < -0.39 is 12.4 Å². The zero-order valence-electron chi connectivity index (χ0n) is 12.0. The van der Waals surface area contributed by atoms with Crippen LogP contribution in [0.2, 0.25) is 0 Å². The summed E-state index contributed by atoms with van der Waals surface area (Å²) in [7, 11) is 0. The summed E-state index contributed by atoms with van der Waals surface area (Å²) >= 11 is 0. The van der Waals surface area contributed by atoms with Crippen LogP contribution >= 0.6 is 0 Å². The number of rotatable bonds is 4. The lowest BCUT2D eigenvalue weighted by molar-refractivity contribution is -0.127. The van der Waals surface area contributed by atoms with Gasteiger partial charge in [0.15, 0.2) is 18.2 Å². The molecule has 0 aliphatic carbocycles. The molecule has 2 aromatic carbocycles. The van der Waals surface area contributed by atoms with Gasteiger partial charge in [-0.1, -0.05) is 36.4 Å². The standard InChI is InChI=1S/C18H16O4/c19-15-7-8-17-21-16(18(15)22-17)11-20-10-12-5-6-13-3-1-2-4-14(13)9-12/h1-9,16-18H,10-11H2/t16-,17+,18-/m1/s1. The van der Waals surface area contributed by atoms with Gasteiger partial charge in [-0.05, 0) is 34.6 Å². The van der Waals surface area contributed by atoms with E-state index in [1.54, 1.807) is 6.08 Å². The fraction of sp³-hybridized carbons (Fsp3) is 0.278. The fourth-order valence-electron chi connectivity index (χ4n) is 2.87. The third-order valence-electron chi connectivity index (χ3n) is 3.99. The Morgan fingerprint density at radius 1 is 1.05 bits per heavy atom. The predicted octanol–water partition coefficient (Wildman–Crippen LogP) is 2.61. The smallest absolute Gasteiger partial charge is 0.187 e. The van der Waals surface area contributed by atoms with Crippen molar-refractivity contribution in [2.24, 2.45) is 0 Å². The highest BCUT2D eigenvalue weighted by atomic mass is 16.7. The lowest BCUT2D eigenvalue weighted by atomic mass is 10.1. The molecule has 1 fully saturated rings. The normalized spacial score (nSPS) is 26.7. The molecular weight excluding hydrogens is 280 g/mol. The SMILES string of the molecule is O=C1C=C[C@@H]2O[C@H]1[C@@H](COCc1ccc3ccccc3c1)O2. The van der Waals surface area contributed by atoms with Crippen LogP contribution in [0.3, 0.4) is 0 Å². The van der Waals surface area contributed by atoms with E-state index in [4.69, 9.17) is 14.2 Å². The highest BCUT2D eigenvalue weighted by molar-refractivity contribution is 5.95. The van der Waals surface area contributed by atoms with Crippen LogP contribution < -0.4 is 0 Å². The van der Waals surface area contributed by atoms with Crippen molar-refractivity contribution in [3.8, 4) is 0 Å².